The lowest BCUT2D eigenvalue weighted by atomic mass is 9.96. The second-order valence-corrected chi connectivity index (χ2v) is 3.40. The van der Waals surface area contributed by atoms with Crippen LogP contribution >= 0.6 is 0 Å². The number of benzene rings is 1. The van der Waals surface area contributed by atoms with E-state index in [9.17, 15) is 14.9 Å². The number of esters is 1. The molecule has 0 aliphatic heterocycles. The molecule has 5 nitrogen and oxygen atoms in total. The van der Waals surface area contributed by atoms with Crippen molar-refractivity contribution in [2.45, 2.75) is 12.3 Å². The summed E-state index contributed by atoms with van der Waals surface area (Å²) < 4.78 is 4.52. The van der Waals surface area contributed by atoms with Crippen LogP contribution in [-0.4, -0.2) is 24.5 Å². The SMILES string of the molecule is COC(=O)C[C@H](C[N+](=O)[O-])c1ccccc1. The predicted octanol–water partition coefficient (Wildman–Crippen LogP) is 1.61. The molecule has 1 aromatic carbocycles. The third-order valence-electron chi connectivity index (χ3n) is 2.28. The maximum absolute atomic E-state index is 11.1. The first kappa shape index (κ1) is 12.2. The highest BCUT2D eigenvalue weighted by molar-refractivity contribution is 5.70. The van der Waals surface area contributed by atoms with Gasteiger partial charge in [-0.15, -0.1) is 0 Å². The van der Waals surface area contributed by atoms with E-state index in [1.54, 1.807) is 24.3 Å². The molecule has 1 rings (SSSR count). The highest BCUT2D eigenvalue weighted by atomic mass is 16.6. The smallest absolute Gasteiger partial charge is 0.306 e. The van der Waals surface area contributed by atoms with E-state index in [0.29, 0.717) is 0 Å². The first-order chi connectivity index (χ1) is 7.63. The minimum atomic E-state index is -0.435. The Kier molecular flexibility index (Phi) is 4.44. The van der Waals surface area contributed by atoms with Gasteiger partial charge in [-0.3, -0.25) is 14.9 Å². The molecule has 0 aliphatic rings. The molecule has 86 valence electrons. The Hall–Kier alpha value is -1.91. The predicted molar refractivity (Wildman–Crippen MR) is 57.7 cm³/mol. The van der Waals surface area contributed by atoms with Crippen LogP contribution < -0.4 is 0 Å². The van der Waals surface area contributed by atoms with Crippen molar-refractivity contribution >= 4 is 5.97 Å². The molecule has 0 fully saturated rings. The van der Waals surface area contributed by atoms with Crippen molar-refractivity contribution in [3.05, 3.63) is 46.0 Å². The standard InChI is InChI=1S/C11H13NO4/c1-16-11(13)7-10(8-12(14)15)9-5-3-2-4-6-9/h2-6,10H,7-8H2,1H3/t10-/m1/s1. The molecule has 1 atom stereocenters. The number of methoxy groups -OCH3 is 1. The Morgan fingerprint density at radius 2 is 2.06 bits per heavy atom. The van der Waals surface area contributed by atoms with Gasteiger partial charge in [-0.05, 0) is 5.56 Å². The summed E-state index contributed by atoms with van der Waals surface area (Å²) >= 11 is 0. The van der Waals surface area contributed by atoms with Gasteiger partial charge in [0.05, 0.1) is 19.4 Å². The Labute approximate surface area is 93.2 Å². The summed E-state index contributed by atoms with van der Waals surface area (Å²) in [6.45, 7) is -0.265. The van der Waals surface area contributed by atoms with E-state index in [2.05, 4.69) is 4.74 Å². The number of ether oxygens (including phenoxy) is 1. The molecular weight excluding hydrogens is 210 g/mol. The molecule has 16 heavy (non-hydrogen) atoms. The van der Waals surface area contributed by atoms with E-state index >= 15 is 0 Å². The molecule has 0 N–H and O–H groups in total. The lowest BCUT2D eigenvalue weighted by Crippen LogP contribution is -2.17. The van der Waals surface area contributed by atoms with Crippen LogP contribution in [0.15, 0.2) is 30.3 Å². The van der Waals surface area contributed by atoms with Gasteiger partial charge in [0.15, 0.2) is 0 Å². The van der Waals surface area contributed by atoms with Crippen molar-refractivity contribution < 1.29 is 14.5 Å². The van der Waals surface area contributed by atoms with E-state index in [-0.39, 0.29) is 13.0 Å². The molecule has 0 amide bonds. The fourth-order valence-electron chi connectivity index (χ4n) is 1.48. The number of hydrogen-bond donors (Lipinski definition) is 0. The third kappa shape index (κ3) is 3.68. The monoisotopic (exact) mass is 223 g/mol. The van der Waals surface area contributed by atoms with Crippen LogP contribution in [0.2, 0.25) is 0 Å². The zero-order valence-electron chi connectivity index (χ0n) is 8.96. The van der Waals surface area contributed by atoms with Gasteiger partial charge >= 0.3 is 5.97 Å². The molecule has 1 aromatic rings. The molecule has 5 heteroatoms. The summed E-state index contributed by atoms with van der Waals surface area (Å²) in [6.07, 6.45) is 0.0293. The van der Waals surface area contributed by atoms with Crippen LogP contribution in [-0.2, 0) is 9.53 Å². The molecule has 0 unspecified atom stereocenters. The van der Waals surface area contributed by atoms with Crippen molar-refractivity contribution in [2.24, 2.45) is 0 Å². The minimum absolute atomic E-state index is 0.0293. The van der Waals surface area contributed by atoms with Gasteiger partial charge in [0.1, 0.15) is 0 Å². The second kappa shape index (κ2) is 5.85. The van der Waals surface area contributed by atoms with Gasteiger partial charge in [0.2, 0.25) is 6.54 Å². The summed E-state index contributed by atoms with van der Waals surface area (Å²) in [6, 6.07) is 8.96. The van der Waals surface area contributed by atoms with Gasteiger partial charge in [-0.1, -0.05) is 30.3 Å². The highest BCUT2D eigenvalue weighted by Crippen LogP contribution is 2.20. The fraction of sp³-hybridized carbons (Fsp3) is 0.364. The Morgan fingerprint density at radius 3 is 2.56 bits per heavy atom. The van der Waals surface area contributed by atoms with Crippen LogP contribution in [0, 0.1) is 10.1 Å². The normalized spacial score (nSPS) is 11.8. The van der Waals surface area contributed by atoms with Gasteiger partial charge < -0.3 is 4.74 Å². The van der Waals surface area contributed by atoms with Gasteiger partial charge in [0.25, 0.3) is 0 Å². The molecule has 0 bridgehead atoms. The quantitative estimate of drug-likeness (QED) is 0.432. The largest absolute Gasteiger partial charge is 0.469 e. The minimum Gasteiger partial charge on any atom is -0.469 e. The first-order valence-corrected chi connectivity index (χ1v) is 4.87. The van der Waals surface area contributed by atoms with E-state index in [4.69, 9.17) is 0 Å². The van der Waals surface area contributed by atoms with Gasteiger partial charge in [-0.25, -0.2) is 0 Å². The van der Waals surface area contributed by atoms with Gasteiger partial charge in [0, 0.05) is 4.92 Å². The Balaban J connectivity index is 2.79. The fourth-order valence-corrected chi connectivity index (χ4v) is 1.48. The first-order valence-electron chi connectivity index (χ1n) is 4.87. The summed E-state index contributed by atoms with van der Waals surface area (Å²) in [5.41, 5.74) is 0.782. The third-order valence-corrected chi connectivity index (χ3v) is 2.28. The van der Waals surface area contributed by atoms with Gasteiger partial charge in [-0.2, -0.15) is 0 Å². The van der Waals surface area contributed by atoms with Crippen LogP contribution in [0.4, 0.5) is 0 Å². The Morgan fingerprint density at radius 1 is 1.44 bits per heavy atom. The van der Waals surface area contributed by atoms with Crippen molar-refractivity contribution in [1.82, 2.24) is 0 Å². The molecule has 0 spiro atoms. The zero-order valence-corrected chi connectivity index (χ0v) is 8.96. The summed E-state index contributed by atoms with van der Waals surface area (Å²) in [4.78, 5) is 21.2. The van der Waals surface area contributed by atoms with Crippen molar-refractivity contribution in [3.63, 3.8) is 0 Å². The molecule has 0 saturated carbocycles. The number of carbonyl (C=O) groups excluding carboxylic acids is 1. The highest BCUT2D eigenvalue weighted by Gasteiger charge is 2.21. The zero-order chi connectivity index (χ0) is 12.0. The summed E-state index contributed by atoms with van der Waals surface area (Å²) in [5, 5.41) is 10.5. The summed E-state index contributed by atoms with van der Waals surface area (Å²) in [5.74, 6) is -0.862. The lowest BCUT2D eigenvalue weighted by molar-refractivity contribution is -0.483. The number of carbonyl (C=O) groups is 1. The maximum Gasteiger partial charge on any atom is 0.306 e. The molecule has 0 radical (unpaired) electrons. The number of nitro groups is 1. The molecular formula is C11H13NO4. The molecule has 0 saturated heterocycles. The average Bonchev–Trinajstić information content (AvgIpc) is 2.28. The van der Waals surface area contributed by atoms with Crippen molar-refractivity contribution in [1.29, 1.82) is 0 Å². The van der Waals surface area contributed by atoms with Crippen LogP contribution in [0.3, 0.4) is 0 Å². The van der Waals surface area contributed by atoms with E-state index in [0.717, 1.165) is 5.56 Å². The molecule has 0 heterocycles. The van der Waals surface area contributed by atoms with E-state index in [1.165, 1.54) is 7.11 Å². The van der Waals surface area contributed by atoms with Crippen LogP contribution in [0.1, 0.15) is 17.9 Å². The number of rotatable bonds is 5. The van der Waals surface area contributed by atoms with E-state index < -0.39 is 16.8 Å². The lowest BCUT2D eigenvalue weighted by Gasteiger charge is -2.11. The average molecular weight is 223 g/mol. The van der Waals surface area contributed by atoms with Crippen LogP contribution in [0.25, 0.3) is 0 Å². The Bertz CT molecular complexity index is 364. The van der Waals surface area contributed by atoms with Crippen molar-refractivity contribution in [3.8, 4) is 0 Å². The molecule has 0 aliphatic carbocycles. The number of hydrogen-bond acceptors (Lipinski definition) is 4. The maximum atomic E-state index is 11.1. The number of nitrogens with zero attached hydrogens (tertiary/aromatic N) is 1. The second-order valence-electron chi connectivity index (χ2n) is 3.40. The topological polar surface area (TPSA) is 69.4 Å². The van der Waals surface area contributed by atoms with Crippen molar-refractivity contribution in [2.75, 3.05) is 13.7 Å². The molecule has 0 aromatic heterocycles. The van der Waals surface area contributed by atoms with E-state index in [1.807, 2.05) is 6.07 Å². The summed E-state index contributed by atoms with van der Waals surface area (Å²) in [7, 11) is 1.27. The van der Waals surface area contributed by atoms with Crippen LogP contribution in [0.5, 0.6) is 0 Å².